The second kappa shape index (κ2) is 12.3. The summed E-state index contributed by atoms with van der Waals surface area (Å²) in [4.78, 5) is 16.2. The molecule has 164 valence electrons. The molecule has 2 aromatic rings. The van der Waals surface area contributed by atoms with Crippen LogP contribution in [0.25, 0.3) is 0 Å². The van der Waals surface area contributed by atoms with Crippen molar-refractivity contribution in [1.82, 2.24) is 4.98 Å². The largest absolute Gasteiger partial charge is 0.494 e. The Kier molecular flexibility index (Phi) is 9.82. The molecule has 1 aliphatic carbocycles. The van der Waals surface area contributed by atoms with Gasteiger partial charge in [0.15, 0.2) is 11.6 Å². The number of rotatable bonds is 4. The minimum atomic E-state index is -1.63. The summed E-state index contributed by atoms with van der Waals surface area (Å²) in [5.74, 6) is -1.77. The van der Waals surface area contributed by atoms with E-state index in [0.29, 0.717) is 5.69 Å². The fourth-order valence-electron chi connectivity index (χ4n) is 3.20. The van der Waals surface area contributed by atoms with Crippen molar-refractivity contribution in [1.29, 1.82) is 0 Å². The summed E-state index contributed by atoms with van der Waals surface area (Å²) in [5.41, 5.74) is 0.612. The number of carbonyl (C=O) groups excluding carboxylic acids is 1. The smallest absolute Gasteiger partial charge is 0.227 e. The number of ether oxygens (including phenoxy) is 1. The maximum absolute atomic E-state index is 12.5. The van der Waals surface area contributed by atoms with E-state index in [1.54, 1.807) is 12.1 Å². The Labute approximate surface area is 177 Å². The van der Waals surface area contributed by atoms with Crippen LogP contribution in [0.5, 0.6) is 5.75 Å². The summed E-state index contributed by atoms with van der Waals surface area (Å²) in [6.45, 7) is 0. The molecule has 30 heavy (non-hydrogen) atoms. The van der Waals surface area contributed by atoms with Crippen molar-refractivity contribution in [3.63, 3.8) is 0 Å². The van der Waals surface area contributed by atoms with Gasteiger partial charge in [-0.3, -0.25) is 4.79 Å². The van der Waals surface area contributed by atoms with E-state index in [2.05, 4.69) is 15.0 Å². The van der Waals surface area contributed by atoms with Gasteiger partial charge in [-0.1, -0.05) is 38.2 Å². The number of hydrogen-bond acceptors (Lipinski definition) is 4. The Balaban J connectivity index is 0.000000269. The second-order valence-electron chi connectivity index (χ2n) is 6.97. The lowest BCUT2D eigenvalue weighted by molar-refractivity contribution is -0.120. The molecule has 0 saturated heterocycles. The number of anilines is 1. The van der Waals surface area contributed by atoms with Gasteiger partial charge in [0.2, 0.25) is 11.7 Å². The van der Waals surface area contributed by atoms with Gasteiger partial charge in [0.05, 0.1) is 7.11 Å². The summed E-state index contributed by atoms with van der Waals surface area (Å²) in [7, 11) is -0.337. The Bertz CT molecular complexity index is 859. The zero-order valence-corrected chi connectivity index (χ0v) is 17.7. The van der Waals surface area contributed by atoms with Gasteiger partial charge < -0.3 is 10.1 Å². The summed E-state index contributed by atoms with van der Waals surface area (Å²) >= 11 is 0. The van der Waals surface area contributed by atoms with Gasteiger partial charge >= 0.3 is 0 Å². The van der Waals surface area contributed by atoms with E-state index in [1.807, 2.05) is 0 Å². The number of nitrogens with zero attached hydrogens (tertiary/aromatic N) is 1. The standard InChI is InChI=1S/C14H21N3O2S.C7H6F2O/c15-20(19)13-10-12(8-9-16-13)17-14(18)11-6-4-2-1-3-5-7-11;1-10-6-4-2-3-5(8)7(6)9/h8-11H,1-7,15H2,(H,16,17,18);2-4H,1H3. The summed E-state index contributed by atoms with van der Waals surface area (Å²) in [6, 6.07) is 7.04. The van der Waals surface area contributed by atoms with Crippen LogP contribution in [0.2, 0.25) is 0 Å². The molecule has 0 aliphatic heterocycles. The van der Waals surface area contributed by atoms with E-state index < -0.39 is 22.6 Å². The van der Waals surface area contributed by atoms with Crippen molar-refractivity contribution >= 4 is 22.6 Å². The van der Waals surface area contributed by atoms with E-state index in [9.17, 15) is 17.8 Å². The molecule has 1 heterocycles. The molecule has 3 rings (SSSR count). The number of pyridine rings is 1. The Hall–Kier alpha value is -2.39. The lowest BCUT2D eigenvalue weighted by atomic mass is 9.90. The van der Waals surface area contributed by atoms with E-state index >= 15 is 0 Å². The van der Waals surface area contributed by atoms with Crippen LogP contribution in [0.1, 0.15) is 44.9 Å². The molecule has 1 aliphatic rings. The van der Waals surface area contributed by atoms with Gasteiger partial charge in [-0.25, -0.2) is 18.7 Å². The van der Waals surface area contributed by atoms with Crippen molar-refractivity contribution in [3.05, 3.63) is 48.2 Å². The quantitative estimate of drug-likeness (QED) is 0.741. The number of methoxy groups -OCH3 is 1. The highest BCUT2D eigenvalue weighted by atomic mass is 32.2. The van der Waals surface area contributed by atoms with Gasteiger partial charge in [-0.2, -0.15) is 4.39 Å². The van der Waals surface area contributed by atoms with E-state index in [4.69, 9.17) is 5.14 Å². The number of nitrogens with two attached hydrogens (primary N) is 1. The molecule has 1 aromatic carbocycles. The minimum absolute atomic E-state index is 0.0480. The molecule has 0 radical (unpaired) electrons. The fourth-order valence-corrected chi connectivity index (χ4v) is 3.61. The van der Waals surface area contributed by atoms with Gasteiger partial charge in [0, 0.05) is 17.8 Å². The monoisotopic (exact) mass is 439 g/mol. The van der Waals surface area contributed by atoms with Crippen molar-refractivity contribution in [2.45, 2.75) is 50.0 Å². The summed E-state index contributed by atoms with van der Waals surface area (Å²) in [6.07, 6.45) is 9.36. The summed E-state index contributed by atoms with van der Waals surface area (Å²) < 4.78 is 40.5. The molecule has 3 N–H and O–H groups in total. The Morgan fingerprint density at radius 1 is 1.17 bits per heavy atom. The molecule has 1 unspecified atom stereocenters. The van der Waals surface area contributed by atoms with E-state index in [0.717, 1.165) is 31.7 Å². The first-order chi connectivity index (χ1) is 14.4. The average molecular weight is 440 g/mol. The second-order valence-corrected chi connectivity index (χ2v) is 7.98. The van der Waals surface area contributed by atoms with Crippen LogP contribution in [0.15, 0.2) is 41.6 Å². The molecule has 9 heteroatoms. The van der Waals surface area contributed by atoms with Crippen LogP contribution in [-0.2, 0) is 15.8 Å². The zero-order chi connectivity index (χ0) is 21.9. The fraction of sp³-hybridized carbons (Fsp3) is 0.429. The van der Waals surface area contributed by atoms with E-state index in [1.165, 1.54) is 44.7 Å². The Morgan fingerprint density at radius 3 is 2.43 bits per heavy atom. The topological polar surface area (TPSA) is 94.3 Å². The van der Waals surface area contributed by atoms with Gasteiger partial charge in [-0.15, -0.1) is 0 Å². The molecule has 1 atom stereocenters. The van der Waals surface area contributed by atoms with Crippen molar-refractivity contribution in [2.75, 3.05) is 12.4 Å². The molecular weight excluding hydrogens is 412 g/mol. The highest BCUT2D eigenvalue weighted by molar-refractivity contribution is 7.82. The zero-order valence-electron chi connectivity index (χ0n) is 16.9. The number of nitrogens with one attached hydrogen (secondary N) is 1. The van der Waals surface area contributed by atoms with Crippen LogP contribution in [0, 0.1) is 17.6 Å². The molecule has 6 nitrogen and oxygen atoms in total. The maximum atomic E-state index is 12.5. The first kappa shape index (κ1) is 23.9. The van der Waals surface area contributed by atoms with Crippen LogP contribution < -0.4 is 15.2 Å². The average Bonchev–Trinajstić information content (AvgIpc) is 2.70. The molecular formula is C21H27F2N3O3S. The molecule has 0 bridgehead atoms. The van der Waals surface area contributed by atoms with Crippen LogP contribution >= 0.6 is 0 Å². The molecule has 1 aromatic heterocycles. The SMILES string of the molecule is COc1cccc(F)c1F.NS(=O)c1cc(NC(=O)C2CCCCCCC2)ccn1. The minimum Gasteiger partial charge on any atom is -0.494 e. The lowest BCUT2D eigenvalue weighted by Crippen LogP contribution is -2.23. The number of benzene rings is 1. The molecule has 1 fully saturated rings. The van der Waals surface area contributed by atoms with Gasteiger partial charge in [0.1, 0.15) is 16.0 Å². The number of amides is 1. The van der Waals surface area contributed by atoms with Crippen molar-refractivity contribution in [2.24, 2.45) is 11.1 Å². The lowest BCUT2D eigenvalue weighted by Gasteiger charge is -2.19. The van der Waals surface area contributed by atoms with Gasteiger partial charge in [0.25, 0.3) is 0 Å². The third kappa shape index (κ3) is 7.46. The van der Waals surface area contributed by atoms with Crippen molar-refractivity contribution in [3.8, 4) is 5.75 Å². The molecule has 0 spiro atoms. The first-order valence-electron chi connectivity index (χ1n) is 9.83. The van der Waals surface area contributed by atoms with Crippen molar-refractivity contribution < 1.29 is 22.5 Å². The molecule has 1 amide bonds. The number of halogens is 2. The highest BCUT2D eigenvalue weighted by Crippen LogP contribution is 2.24. The van der Waals surface area contributed by atoms with Gasteiger partial charge in [-0.05, 0) is 37.1 Å². The number of aromatic nitrogens is 1. The number of hydrogen-bond donors (Lipinski definition) is 2. The predicted octanol–water partition coefficient (Wildman–Crippen LogP) is 4.34. The third-order valence-electron chi connectivity index (χ3n) is 4.82. The summed E-state index contributed by atoms with van der Waals surface area (Å²) in [5, 5.41) is 8.46. The number of carbonyl (C=O) groups is 1. The maximum Gasteiger partial charge on any atom is 0.227 e. The van der Waals surface area contributed by atoms with Crippen LogP contribution in [-0.4, -0.2) is 22.2 Å². The first-order valence-corrected chi connectivity index (χ1v) is 11.0. The highest BCUT2D eigenvalue weighted by Gasteiger charge is 2.19. The van der Waals surface area contributed by atoms with Crippen LogP contribution in [0.4, 0.5) is 14.5 Å². The third-order valence-corrected chi connectivity index (χ3v) is 5.46. The van der Waals surface area contributed by atoms with E-state index in [-0.39, 0.29) is 22.6 Å². The van der Waals surface area contributed by atoms with Crippen LogP contribution in [0.3, 0.4) is 0 Å². The normalized spacial score (nSPS) is 15.7. The Morgan fingerprint density at radius 2 is 1.83 bits per heavy atom. The predicted molar refractivity (Wildman–Crippen MR) is 112 cm³/mol. The molecule has 1 saturated carbocycles.